The van der Waals surface area contributed by atoms with Crippen molar-refractivity contribution in [1.82, 2.24) is 15.0 Å². The molecule has 2 atom stereocenters. The van der Waals surface area contributed by atoms with Crippen LogP contribution >= 0.6 is 0 Å². The first-order chi connectivity index (χ1) is 16.7. The summed E-state index contributed by atoms with van der Waals surface area (Å²) in [6.07, 6.45) is 6.33. The van der Waals surface area contributed by atoms with Crippen LogP contribution in [0.25, 0.3) is 29.1 Å². The van der Waals surface area contributed by atoms with Gasteiger partial charge in [-0.1, -0.05) is 59.9 Å². The Balaban J connectivity index is 0.00000267. The molecule has 0 saturated carbocycles. The first-order valence-corrected chi connectivity index (χ1v) is 12.2. The van der Waals surface area contributed by atoms with Crippen molar-refractivity contribution in [3.8, 4) is 0 Å². The smallest absolute Gasteiger partial charge is 0.664 e. The molecule has 0 aromatic carbocycles. The number of hydrogen-bond donors (Lipinski definition) is 1. The molecule has 1 fully saturated rings. The van der Waals surface area contributed by atoms with E-state index in [1.165, 1.54) is 0 Å². The molecule has 8 bridgehead atoms. The van der Waals surface area contributed by atoms with Crippen LogP contribution in [0.3, 0.4) is 0 Å². The Hall–Kier alpha value is -2.74. The van der Waals surface area contributed by atoms with Crippen molar-refractivity contribution in [3.05, 3.63) is 83.6 Å². The summed E-state index contributed by atoms with van der Waals surface area (Å²) in [5.41, 5.74) is 11.5. The van der Waals surface area contributed by atoms with E-state index in [4.69, 9.17) is 20.3 Å². The van der Waals surface area contributed by atoms with Gasteiger partial charge in [0.2, 0.25) is 0 Å². The van der Waals surface area contributed by atoms with Crippen LogP contribution in [0.1, 0.15) is 81.2 Å². The number of carbonyl (C=O) groups excluding carboxylic acids is 1. The summed E-state index contributed by atoms with van der Waals surface area (Å²) in [4.78, 5) is 27.8. The molecule has 6 rings (SSSR count). The predicted octanol–water partition coefficient (Wildman–Crippen LogP) is 2.87. The van der Waals surface area contributed by atoms with Crippen LogP contribution < -0.4 is 25.7 Å². The molecule has 7 heteroatoms. The molecular weight excluding hydrogens is 461 g/mol. The molecule has 36 heavy (non-hydrogen) atoms. The average molecular weight is 489 g/mol. The molecule has 2 aliphatic heterocycles. The van der Waals surface area contributed by atoms with Gasteiger partial charge in [0.05, 0.1) is 6.61 Å². The number of fused-ring (bicyclic) bond motifs is 7. The Kier molecular flexibility index (Phi) is 6.01. The molecular formula is C29H28MgN4O2-2. The van der Waals surface area contributed by atoms with Gasteiger partial charge in [0.1, 0.15) is 0 Å². The fourth-order valence-electron chi connectivity index (χ4n) is 5.60. The number of aliphatic hydroxyl groups is 1. The molecule has 0 unspecified atom stereocenters. The van der Waals surface area contributed by atoms with Crippen molar-refractivity contribution in [2.75, 3.05) is 0 Å². The summed E-state index contributed by atoms with van der Waals surface area (Å²) in [6.45, 7) is 12.3. The maximum absolute atomic E-state index is 13.1. The van der Waals surface area contributed by atoms with E-state index >= 15 is 0 Å². The minimum Gasteiger partial charge on any atom is -0.664 e. The summed E-state index contributed by atoms with van der Waals surface area (Å²) in [7, 11) is 0. The van der Waals surface area contributed by atoms with E-state index in [-0.39, 0.29) is 47.3 Å². The van der Waals surface area contributed by atoms with Crippen molar-refractivity contribution in [2.45, 2.75) is 54.6 Å². The predicted molar refractivity (Wildman–Crippen MR) is 142 cm³/mol. The van der Waals surface area contributed by atoms with Gasteiger partial charge in [-0.2, -0.15) is 11.4 Å². The molecule has 5 heterocycles. The second-order valence-corrected chi connectivity index (χ2v) is 10.1. The standard InChI is InChI=1S/C29H29N4O2.Mg/c1-12-13(2)21-10-25-19(11-34)16(5)23(31-25)9-22-14(3)15(4)28(32-22)18-7-26(35)27-17(6)24(33-29(18)27)8-20(12)30-21;/h8-10,14-15,34H,7,11H2,1-6H3,(H-,32,33,35);/q-3;+2/p-1/b20-8-,21-10-,22-9-;/t14-,15-;/m0./s1. The normalized spacial score (nSPS) is 25.4. The number of Topliss-reactive ketones (excluding diaryl/α,β-unsaturated/α-hetero) is 1. The third-order valence-corrected chi connectivity index (χ3v) is 8.29. The van der Waals surface area contributed by atoms with Crippen molar-refractivity contribution in [1.29, 1.82) is 0 Å². The van der Waals surface area contributed by atoms with Crippen molar-refractivity contribution in [3.63, 3.8) is 0 Å². The van der Waals surface area contributed by atoms with E-state index in [1.54, 1.807) is 0 Å². The molecule has 1 aliphatic carbocycles. The molecule has 3 aliphatic rings. The van der Waals surface area contributed by atoms with Crippen LogP contribution in [-0.4, -0.2) is 33.9 Å². The number of aromatic nitrogens is 3. The average Bonchev–Trinajstić information content (AvgIpc) is 3.55. The van der Waals surface area contributed by atoms with E-state index in [0.717, 1.165) is 83.8 Å². The monoisotopic (exact) mass is 488 g/mol. The van der Waals surface area contributed by atoms with Gasteiger partial charge in [-0.25, -0.2) is 0 Å². The number of aliphatic hydroxyl groups excluding tert-OH is 1. The molecule has 3 aromatic heterocycles. The van der Waals surface area contributed by atoms with Gasteiger partial charge in [0, 0.05) is 12.0 Å². The third kappa shape index (κ3) is 3.44. The van der Waals surface area contributed by atoms with E-state index < -0.39 is 0 Å². The SMILES string of the molecule is Cc1c2[n-]c(c1CO)/C=c1\[n-]/c(c(C)c1C)=C\c1[n-]c3c(c1C)C(=O)C/C3=C1/[N-]/C(=C\2)[C@@H](C)[C@@H]1C.[Mg+2]. The molecule has 0 spiro atoms. The van der Waals surface area contributed by atoms with Gasteiger partial charge >= 0.3 is 23.1 Å². The van der Waals surface area contributed by atoms with Crippen LogP contribution in [0.4, 0.5) is 0 Å². The van der Waals surface area contributed by atoms with Gasteiger partial charge in [-0.05, 0) is 45.1 Å². The molecule has 0 amide bonds. The minimum atomic E-state index is -0.0893. The summed E-state index contributed by atoms with van der Waals surface area (Å²) < 4.78 is 0. The Labute approximate surface area is 226 Å². The maximum Gasteiger partial charge on any atom is 2.00 e. The Morgan fingerprint density at radius 3 is 2.14 bits per heavy atom. The second-order valence-electron chi connectivity index (χ2n) is 10.1. The van der Waals surface area contributed by atoms with Crippen molar-refractivity contribution >= 4 is 52.6 Å². The van der Waals surface area contributed by atoms with Crippen molar-refractivity contribution < 1.29 is 9.90 Å². The fraction of sp³-hybridized carbons (Fsp3) is 0.345. The van der Waals surface area contributed by atoms with E-state index in [2.05, 4.69) is 27.7 Å². The summed E-state index contributed by atoms with van der Waals surface area (Å²) in [5, 5.41) is 16.9. The number of nitrogens with zero attached hydrogens (tertiary/aromatic N) is 4. The zero-order valence-corrected chi connectivity index (χ0v) is 23.1. The zero-order valence-electron chi connectivity index (χ0n) is 21.7. The fourth-order valence-corrected chi connectivity index (χ4v) is 5.60. The topological polar surface area (TPSA) is 93.7 Å². The van der Waals surface area contributed by atoms with Gasteiger partial charge in [0.25, 0.3) is 0 Å². The first kappa shape index (κ1) is 24.9. The van der Waals surface area contributed by atoms with E-state index in [9.17, 15) is 9.90 Å². The van der Waals surface area contributed by atoms with E-state index in [0.29, 0.717) is 6.42 Å². The third-order valence-electron chi connectivity index (χ3n) is 8.29. The zero-order chi connectivity index (χ0) is 24.8. The van der Waals surface area contributed by atoms with Crippen LogP contribution in [0.5, 0.6) is 0 Å². The van der Waals surface area contributed by atoms with Crippen LogP contribution in [0, 0.1) is 39.5 Å². The number of hydrogen-bond acceptors (Lipinski definition) is 2. The maximum atomic E-state index is 13.1. The quantitative estimate of drug-likeness (QED) is 0.532. The van der Waals surface area contributed by atoms with Crippen LogP contribution in [-0.2, 0) is 6.61 Å². The largest absolute Gasteiger partial charge is 2.00 e. The number of rotatable bonds is 1. The summed E-state index contributed by atoms with van der Waals surface area (Å²) in [5.74, 6) is 0.459. The van der Waals surface area contributed by atoms with Crippen LogP contribution in [0.2, 0.25) is 0 Å². The second kappa shape index (κ2) is 8.68. The van der Waals surface area contributed by atoms with Crippen molar-refractivity contribution in [2.24, 2.45) is 11.8 Å². The number of carbonyl (C=O) groups is 1. The summed E-state index contributed by atoms with van der Waals surface area (Å²) >= 11 is 0. The molecule has 3 aromatic rings. The Bertz CT molecular complexity index is 1630. The first-order valence-electron chi connectivity index (χ1n) is 12.2. The molecule has 6 nitrogen and oxygen atoms in total. The molecule has 1 N–H and O–H groups in total. The van der Waals surface area contributed by atoms with Gasteiger partial charge in [-0.15, -0.1) is 33.5 Å². The number of ketones is 1. The van der Waals surface area contributed by atoms with Gasteiger partial charge < -0.3 is 25.4 Å². The molecule has 180 valence electrons. The Morgan fingerprint density at radius 2 is 1.47 bits per heavy atom. The summed E-state index contributed by atoms with van der Waals surface area (Å²) in [6, 6.07) is 0. The molecule has 1 saturated heterocycles. The number of allylic oxidation sites excluding steroid dienone is 3. The minimum absolute atomic E-state index is 0. The molecule has 0 radical (unpaired) electrons. The van der Waals surface area contributed by atoms with Gasteiger partial charge in [0.15, 0.2) is 5.78 Å². The van der Waals surface area contributed by atoms with Crippen LogP contribution in [0.15, 0.2) is 11.4 Å². The Morgan fingerprint density at radius 1 is 0.833 bits per heavy atom. The van der Waals surface area contributed by atoms with Gasteiger partial charge in [-0.3, -0.25) is 4.79 Å². The van der Waals surface area contributed by atoms with E-state index in [1.807, 2.05) is 32.1 Å².